The normalized spacial score (nSPS) is 12.7. The molecule has 2 atom stereocenters. The van der Waals surface area contributed by atoms with Crippen molar-refractivity contribution in [3.05, 3.63) is 130 Å². The first-order chi connectivity index (χ1) is 16.5. The molecule has 0 aliphatic heterocycles. The Bertz CT molecular complexity index is 1110. The highest BCUT2D eigenvalue weighted by atomic mass is 16.5. The maximum Gasteiger partial charge on any atom is 0.122 e. The highest BCUT2D eigenvalue weighted by molar-refractivity contribution is 5.37. The van der Waals surface area contributed by atoms with Gasteiger partial charge >= 0.3 is 0 Å². The van der Waals surface area contributed by atoms with Gasteiger partial charge in [-0.15, -0.1) is 0 Å². The number of aryl methyl sites for hydroxylation is 2. The van der Waals surface area contributed by atoms with E-state index in [1.807, 2.05) is 60.7 Å². The average Bonchev–Trinajstić information content (AvgIpc) is 2.86. The van der Waals surface area contributed by atoms with Crippen LogP contribution in [0.2, 0.25) is 0 Å². The van der Waals surface area contributed by atoms with Crippen molar-refractivity contribution in [3.8, 4) is 11.5 Å². The van der Waals surface area contributed by atoms with Crippen molar-refractivity contribution in [2.75, 3.05) is 13.2 Å². The third-order valence-corrected chi connectivity index (χ3v) is 5.90. The highest BCUT2D eigenvalue weighted by Crippen LogP contribution is 2.24. The molecule has 0 aliphatic carbocycles. The van der Waals surface area contributed by atoms with E-state index in [1.165, 1.54) is 11.1 Å². The van der Waals surface area contributed by atoms with Crippen LogP contribution < -0.4 is 20.9 Å². The molecule has 0 saturated heterocycles. The van der Waals surface area contributed by atoms with Crippen molar-refractivity contribution < 1.29 is 9.47 Å². The van der Waals surface area contributed by atoms with E-state index in [0.717, 1.165) is 33.8 Å². The Morgan fingerprint density at radius 2 is 0.912 bits per heavy atom. The molecule has 0 saturated carbocycles. The zero-order valence-electron chi connectivity index (χ0n) is 19.8. The quantitative estimate of drug-likeness (QED) is 0.312. The molecule has 174 valence electrons. The van der Waals surface area contributed by atoms with Gasteiger partial charge in [-0.25, -0.2) is 0 Å². The summed E-state index contributed by atoms with van der Waals surface area (Å²) in [7, 11) is 0. The Labute approximate surface area is 202 Å². The van der Waals surface area contributed by atoms with Crippen LogP contribution in [0.4, 0.5) is 0 Å². The van der Waals surface area contributed by atoms with E-state index in [1.54, 1.807) is 0 Å². The second-order valence-corrected chi connectivity index (χ2v) is 8.62. The van der Waals surface area contributed by atoms with Crippen molar-refractivity contribution in [1.82, 2.24) is 0 Å². The number of ether oxygens (including phenoxy) is 2. The first kappa shape index (κ1) is 23.6. The number of hydrogen-bond donors (Lipinski definition) is 2. The number of hydrogen-bond acceptors (Lipinski definition) is 4. The van der Waals surface area contributed by atoms with E-state index in [0.29, 0.717) is 13.2 Å². The molecular weight excluding hydrogens is 420 g/mol. The van der Waals surface area contributed by atoms with E-state index in [4.69, 9.17) is 20.9 Å². The third kappa shape index (κ3) is 6.04. The van der Waals surface area contributed by atoms with Gasteiger partial charge in [-0.05, 0) is 60.4 Å². The van der Waals surface area contributed by atoms with E-state index < -0.39 is 0 Å². The van der Waals surface area contributed by atoms with Crippen LogP contribution >= 0.6 is 0 Å². The molecule has 0 aromatic heterocycles. The molecule has 4 N–H and O–H groups in total. The van der Waals surface area contributed by atoms with Crippen LogP contribution in [0.5, 0.6) is 11.5 Å². The Balaban J connectivity index is 1.25. The maximum absolute atomic E-state index is 6.42. The molecule has 0 spiro atoms. The highest BCUT2D eigenvalue weighted by Gasteiger charge is 2.10. The molecule has 4 aromatic rings. The monoisotopic (exact) mass is 452 g/mol. The zero-order valence-corrected chi connectivity index (χ0v) is 19.8. The number of benzene rings is 4. The summed E-state index contributed by atoms with van der Waals surface area (Å²) in [5.74, 6) is 1.59. The molecule has 4 aromatic carbocycles. The van der Waals surface area contributed by atoms with Gasteiger partial charge in [0.15, 0.2) is 0 Å². The minimum atomic E-state index is -0.153. The average molecular weight is 453 g/mol. The smallest absolute Gasteiger partial charge is 0.122 e. The van der Waals surface area contributed by atoms with Crippen molar-refractivity contribution in [2.45, 2.75) is 25.9 Å². The Hall–Kier alpha value is -3.60. The molecule has 0 bridgehead atoms. The lowest BCUT2D eigenvalue weighted by molar-refractivity contribution is 0.217. The van der Waals surface area contributed by atoms with Crippen molar-refractivity contribution in [1.29, 1.82) is 0 Å². The zero-order chi connectivity index (χ0) is 23.9. The Morgan fingerprint density at radius 1 is 0.529 bits per heavy atom. The largest absolute Gasteiger partial charge is 0.490 e. The molecule has 0 aliphatic rings. The fraction of sp³-hybridized carbons (Fsp3) is 0.200. The summed E-state index contributed by atoms with van der Waals surface area (Å²) in [4.78, 5) is 0. The number of nitrogens with two attached hydrogens (primary N) is 2. The summed E-state index contributed by atoms with van der Waals surface area (Å²) in [5, 5.41) is 0. The number of rotatable bonds is 9. The van der Waals surface area contributed by atoms with Crippen LogP contribution in [0.3, 0.4) is 0 Å². The van der Waals surface area contributed by atoms with Crippen LogP contribution in [0.25, 0.3) is 0 Å². The van der Waals surface area contributed by atoms with Crippen LogP contribution in [0, 0.1) is 13.8 Å². The summed E-state index contributed by atoms with van der Waals surface area (Å²) in [6.07, 6.45) is 0. The van der Waals surface area contributed by atoms with Gasteiger partial charge in [0.2, 0.25) is 0 Å². The van der Waals surface area contributed by atoms with Crippen LogP contribution in [-0.2, 0) is 0 Å². The predicted molar refractivity (Wildman–Crippen MR) is 138 cm³/mol. The minimum absolute atomic E-state index is 0.153. The van der Waals surface area contributed by atoms with E-state index >= 15 is 0 Å². The molecule has 0 heterocycles. The standard InChI is InChI=1S/C30H32N2O2/c1-21-5-3-7-25(19-21)29(31)23-9-13-27(14-10-23)33-17-18-34-28-15-11-24(12-16-28)30(32)26-8-4-6-22(2)20-26/h3-16,19-20,29-30H,17-18,31-32H2,1-2H3. The molecule has 4 nitrogen and oxygen atoms in total. The fourth-order valence-electron chi connectivity index (χ4n) is 3.97. The van der Waals surface area contributed by atoms with Gasteiger partial charge in [0.25, 0.3) is 0 Å². The topological polar surface area (TPSA) is 70.5 Å². The lowest BCUT2D eigenvalue weighted by atomic mass is 9.98. The molecule has 0 fully saturated rings. The van der Waals surface area contributed by atoms with Crippen LogP contribution in [0.15, 0.2) is 97.1 Å². The van der Waals surface area contributed by atoms with Crippen LogP contribution in [-0.4, -0.2) is 13.2 Å². The van der Waals surface area contributed by atoms with Crippen molar-refractivity contribution in [3.63, 3.8) is 0 Å². The van der Waals surface area contributed by atoms with Gasteiger partial charge in [-0.2, -0.15) is 0 Å². The van der Waals surface area contributed by atoms with Gasteiger partial charge in [0.05, 0.1) is 12.1 Å². The summed E-state index contributed by atoms with van der Waals surface area (Å²) < 4.78 is 11.7. The second-order valence-electron chi connectivity index (χ2n) is 8.62. The maximum atomic E-state index is 6.42. The van der Waals surface area contributed by atoms with E-state index in [-0.39, 0.29) is 12.1 Å². The summed E-state index contributed by atoms with van der Waals surface area (Å²) >= 11 is 0. The summed E-state index contributed by atoms with van der Waals surface area (Å²) in [6.45, 7) is 5.05. The summed E-state index contributed by atoms with van der Waals surface area (Å²) in [6, 6.07) is 32.1. The first-order valence-corrected chi connectivity index (χ1v) is 11.6. The van der Waals surface area contributed by atoms with Crippen molar-refractivity contribution >= 4 is 0 Å². The van der Waals surface area contributed by atoms with Gasteiger partial charge in [0.1, 0.15) is 24.7 Å². The predicted octanol–water partition coefficient (Wildman–Crippen LogP) is 5.86. The Morgan fingerprint density at radius 3 is 1.26 bits per heavy atom. The van der Waals surface area contributed by atoms with Crippen LogP contribution in [0.1, 0.15) is 45.5 Å². The molecule has 34 heavy (non-hydrogen) atoms. The minimum Gasteiger partial charge on any atom is -0.490 e. The van der Waals surface area contributed by atoms with E-state index in [9.17, 15) is 0 Å². The lowest BCUT2D eigenvalue weighted by Gasteiger charge is -2.15. The first-order valence-electron chi connectivity index (χ1n) is 11.6. The summed E-state index contributed by atoms with van der Waals surface area (Å²) in [5.41, 5.74) is 19.6. The van der Waals surface area contributed by atoms with Gasteiger partial charge < -0.3 is 20.9 Å². The molecule has 4 heteroatoms. The second kappa shape index (κ2) is 11.0. The van der Waals surface area contributed by atoms with Gasteiger partial charge in [-0.3, -0.25) is 0 Å². The third-order valence-electron chi connectivity index (χ3n) is 5.90. The van der Waals surface area contributed by atoms with E-state index in [2.05, 4.69) is 50.2 Å². The fourth-order valence-corrected chi connectivity index (χ4v) is 3.97. The SMILES string of the molecule is Cc1cccc(C(N)c2ccc(OCCOc3ccc(C(N)c4cccc(C)c4)cc3)cc2)c1. The molecular formula is C30H32N2O2. The molecule has 0 radical (unpaired) electrons. The lowest BCUT2D eigenvalue weighted by Crippen LogP contribution is -2.13. The molecule has 4 rings (SSSR count). The molecule has 2 unspecified atom stereocenters. The van der Waals surface area contributed by atoms with Crippen molar-refractivity contribution in [2.24, 2.45) is 11.5 Å². The molecule has 0 amide bonds. The van der Waals surface area contributed by atoms with Gasteiger partial charge in [0, 0.05) is 0 Å². The van der Waals surface area contributed by atoms with Gasteiger partial charge in [-0.1, -0.05) is 83.9 Å². The Kier molecular flexibility index (Phi) is 7.63.